The van der Waals surface area contributed by atoms with Crippen LogP contribution in [0.15, 0.2) is 16.4 Å². The molecule has 0 aliphatic heterocycles. The fraction of sp³-hybridized carbons (Fsp3) is 0.731. The summed E-state index contributed by atoms with van der Waals surface area (Å²) in [7, 11) is -4.36. The van der Waals surface area contributed by atoms with Crippen LogP contribution in [0.25, 0.3) is 0 Å². The summed E-state index contributed by atoms with van der Waals surface area (Å²) in [6.45, 7) is 2.29. The first-order chi connectivity index (χ1) is 20.7. The number of aliphatic carboxylic acids is 2. The molecule has 2 fully saturated rings. The summed E-state index contributed by atoms with van der Waals surface area (Å²) >= 11 is 13.1. The molecule has 0 aromatic carbocycles. The molecule has 1 heterocycles. The number of rotatable bonds is 14. The van der Waals surface area contributed by atoms with Crippen molar-refractivity contribution >= 4 is 57.0 Å². The number of alkyl halides is 2. The molecule has 0 spiro atoms. The summed E-state index contributed by atoms with van der Waals surface area (Å²) in [6, 6.07) is 0.253. The van der Waals surface area contributed by atoms with E-state index in [-0.39, 0.29) is 49.0 Å². The Hall–Kier alpha value is -2.84. The highest BCUT2D eigenvalue weighted by Gasteiger charge is 2.43. The van der Waals surface area contributed by atoms with Crippen LogP contribution >= 0.6 is 23.2 Å². The summed E-state index contributed by atoms with van der Waals surface area (Å²) in [5.74, 6) is -2.04. The van der Waals surface area contributed by atoms with Crippen LogP contribution in [0.3, 0.4) is 0 Å². The van der Waals surface area contributed by atoms with Gasteiger partial charge in [0.15, 0.2) is 5.82 Å². The molecule has 3 rings (SSSR count). The molecule has 2 saturated carbocycles. The smallest absolute Gasteiger partial charge is 0.303 e. The van der Waals surface area contributed by atoms with Crippen LogP contribution in [-0.2, 0) is 24.5 Å². The van der Waals surface area contributed by atoms with Crippen LogP contribution < -0.4 is 5.32 Å². The molecule has 2 aliphatic carbocycles. The van der Waals surface area contributed by atoms with E-state index >= 15 is 0 Å². The molecule has 5 unspecified atom stereocenters. The van der Waals surface area contributed by atoms with Gasteiger partial charge in [0, 0.05) is 25.8 Å². The van der Waals surface area contributed by atoms with Crippen LogP contribution in [-0.4, -0.2) is 103 Å². The number of carboxylic acids is 2. The van der Waals surface area contributed by atoms with Crippen molar-refractivity contribution < 1.29 is 37.6 Å². The average Bonchev–Trinajstić information content (AvgIpc) is 3.32. The van der Waals surface area contributed by atoms with Gasteiger partial charge in [-0.05, 0) is 58.0 Å². The Morgan fingerprint density at radius 2 is 1.70 bits per heavy atom. The lowest BCUT2D eigenvalue weighted by Crippen LogP contribution is -2.51. The molecular weight excluding hydrogens is 641 g/mol. The molecule has 5 atom stereocenters. The predicted octanol–water partition coefficient (Wildman–Crippen LogP) is 3.10. The van der Waals surface area contributed by atoms with Gasteiger partial charge in [0.2, 0.25) is 5.91 Å². The van der Waals surface area contributed by atoms with E-state index < -0.39 is 56.2 Å². The average molecular weight is 679 g/mol. The molecule has 1 amide bonds. The second kappa shape index (κ2) is 15.9. The van der Waals surface area contributed by atoms with Gasteiger partial charge in [-0.15, -0.1) is 28.3 Å². The summed E-state index contributed by atoms with van der Waals surface area (Å²) in [6.07, 6.45) is 3.42. The maximum atomic E-state index is 12.1. The number of amides is 1. The van der Waals surface area contributed by atoms with E-state index in [0.29, 0.717) is 45.2 Å². The molecular formula is C26H37Cl2N7O8S. The van der Waals surface area contributed by atoms with Gasteiger partial charge in [-0.25, -0.2) is 4.68 Å². The van der Waals surface area contributed by atoms with E-state index in [0.717, 1.165) is 0 Å². The van der Waals surface area contributed by atoms with Crippen LogP contribution in [0.1, 0.15) is 76.3 Å². The number of nitrogens with one attached hydrogen (secondary N) is 1. The molecule has 244 valence electrons. The van der Waals surface area contributed by atoms with Gasteiger partial charge in [-0.1, -0.05) is 0 Å². The minimum Gasteiger partial charge on any atom is -0.481 e. The van der Waals surface area contributed by atoms with Gasteiger partial charge < -0.3 is 20.4 Å². The Balaban J connectivity index is 1.82. The molecule has 1 aromatic rings. The fourth-order valence-corrected chi connectivity index (χ4v) is 8.08. The fourth-order valence-electron chi connectivity index (χ4n) is 5.90. The SMILES string of the molecule is CC(=O)NC1CC(N(CCCC(=O)O)CCCC(=O)O)CCC1N=Nc1c(C#N)cnn1C1C(Cl)CC(S(=O)(=O)O)CC1Cl. The Kier molecular flexibility index (Phi) is 12.9. The first-order valence-corrected chi connectivity index (χ1v) is 16.7. The molecule has 15 nitrogen and oxygen atoms in total. The quantitative estimate of drug-likeness (QED) is 0.127. The standard InChI is InChI=1S/C26H37Cl2N7O8S/c1-15(36)31-22-10-17(34(8-2-4-23(37)38)9-3-5-24(39)40)6-7-21(22)32-33-26-16(13-29)14-30-35(26)25-19(27)11-18(12-20(25)28)44(41,42)43/h14,17-22,25H,2-12H2,1H3,(H,31,36)(H,37,38)(H,39,40)(H,41,42,43). The van der Waals surface area contributed by atoms with E-state index in [2.05, 4.69) is 25.5 Å². The van der Waals surface area contributed by atoms with Crippen molar-refractivity contribution in [3.8, 4) is 6.07 Å². The number of halogens is 2. The van der Waals surface area contributed by atoms with Crippen LogP contribution in [0, 0.1) is 11.3 Å². The van der Waals surface area contributed by atoms with Crippen molar-refractivity contribution in [3.63, 3.8) is 0 Å². The summed E-state index contributed by atoms with van der Waals surface area (Å²) in [5.41, 5.74) is 0.0891. The van der Waals surface area contributed by atoms with Gasteiger partial charge in [-0.3, -0.25) is 18.9 Å². The van der Waals surface area contributed by atoms with Crippen LogP contribution in [0.4, 0.5) is 5.82 Å². The van der Waals surface area contributed by atoms with Gasteiger partial charge in [-0.2, -0.15) is 23.9 Å². The van der Waals surface area contributed by atoms with Crippen LogP contribution in [0.2, 0.25) is 0 Å². The first kappa shape index (κ1) is 35.6. The van der Waals surface area contributed by atoms with E-state index in [9.17, 15) is 32.6 Å². The summed E-state index contributed by atoms with van der Waals surface area (Å²) in [4.78, 5) is 36.3. The summed E-state index contributed by atoms with van der Waals surface area (Å²) < 4.78 is 34.3. The number of nitriles is 1. The number of hydrogen-bond donors (Lipinski definition) is 4. The van der Waals surface area contributed by atoms with E-state index in [4.69, 9.17) is 33.4 Å². The third kappa shape index (κ3) is 9.83. The number of hydrogen-bond acceptors (Lipinski definition) is 10. The Labute approximate surface area is 265 Å². The monoisotopic (exact) mass is 677 g/mol. The van der Waals surface area contributed by atoms with Crippen molar-refractivity contribution in [2.45, 2.75) is 105 Å². The highest BCUT2D eigenvalue weighted by Crippen LogP contribution is 2.41. The van der Waals surface area contributed by atoms with E-state index in [1.54, 1.807) is 0 Å². The number of carboxylic acid groups (broad SMARTS) is 2. The van der Waals surface area contributed by atoms with Crippen molar-refractivity contribution in [3.05, 3.63) is 11.8 Å². The molecule has 1 aromatic heterocycles. The zero-order valence-electron chi connectivity index (χ0n) is 24.1. The van der Waals surface area contributed by atoms with Crippen molar-refractivity contribution in [1.82, 2.24) is 20.0 Å². The first-order valence-electron chi connectivity index (χ1n) is 14.3. The Morgan fingerprint density at radius 3 is 2.20 bits per heavy atom. The third-order valence-corrected chi connectivity index (χ3v) is 10.1. The minimum absolute atomic E-state index is 0.0210. The highest BCUT2D eigenvalue weighted by atomic mass is 35.5. The number of aromatic nitrogens is 2. The van der Waals surface area contributed by atoms with Gasteiger partial charge >= 0.3 is 11.9 Å². The molecule has 0 radical (unpaired) electrons. The second-order valence-corrected chi connectivity index (χ2v) is 14.0. The minimum atomic E-state index is -4.36. The Morgan fingerprint density at radius 1 is 1.11 bits per heavy atom. The number of nitrogens with zero attached hydrogens (tertiary/aromatic N) is 6. The van der Waals surface area contributed by atoms with Crippen molar-refractivity contribution in [2.24, 2.45) is 10.2 Å². The highest BCUT2D eigenvalue weighted by molar-refractivity contribution is 7.86. The van der Waals surface area contributed by atoms with Gasteiger partial charge in [0.25, 0.3) is 10.1 Å². The van der Waals surface area contributed by atoms with Gasteiger partial charge in [0.1, 0.15) is 11.6 Å². The van der Waals surface area contributed by atoms with Gasteiger partial charge in [0.05, 0.1) is 40.3 Å². The second-order valence-electron chi connectivity index (χ2n) is 11.2. The lowest BCUT2D eigenvalue weighted by molar-refractivity contribution is -0.138. The van der Waals surface area contributed by atoms with E-state index in [1.165, 1.54) is 17.8 Å². The molecule has 0 bridgehead atoms. The maximum absolute atomic E-state index is 12.1. The van der Waals surface area contributed by atoms with Crippen molar-refractivity contribution in [2.75, 3.05) is 13.1 Å². The topological polar surface area (TPSA) is 228 Å². The van der Waals surface area contributed by atoms with E-state index in [1.807, 2.05) is 6.07 Å². The molecule has 2 aliphatic rings. The molecule has 0 saturated heterocycles. The molecule has 44 heavy (non-hydrogen) atoms. The zero-order valence-corrected chi connectivity index (χ0v) is 26.5. The largest absolute Gasteiger partial charge is 0.481 e. The number of azo groups is 1. The summed E-state index contributed by atoms with van der Waals surface area (Å²) in [5, 5.41) is 41.0. The van der Waals surface area contributed by atoms with Crippen molar-refractivity contribution in [1.29, 1.82) is 5.26 Å². The number of carbonyl (C=O) groups is 3. The van der Waals surface area contributed by atoms with Crippen LogP contribution in [0.5, 0.6) is 0 Å². The Bertz CT molecular complexity index is 1340. The normalized spacial score (nSPS) is 27.7. The maximum Gasteiger partial charge on any atom is 0.303 e. The number of carbonyl (C=O) groups excluding carboxylic acids is 1. The zero-order chi connectivity index (χ0) is 32.6. The predicted molar refractivity (Wildman–Crippen MR) is 159 cm³/mol. The third-order valence-electron chi connectivity index (χ3n) is 7.97. The lowest BCUT2D eigenvalue weighted by atomic mass is 9.86. The molecule has 4 N–H and O–H groups in total. The lowest BCUT2D eigenvalue weighted by Gasteiger charge is -2.40. The molecule has 18 heteroatoms.